The molecule has 19 heavy (non-hydrogen) atoms. The van der Waals surface area contributed by atoms with Gasteiger partial charge in [-0.25, -0.2) is 12.1 Å². The van der Waals surface area contributed by atoms with Gasteiger partial charge in [0.05, 0.1) is 0 Å². The summed E-state index contributed by atoms with van der Waals surface area (Å²) in [6.45, 7) is 17.2. The molecule has 0 saturated carbocycles. The average molecular weight is 424 g/mol. The van der Waals surface area contributed by atoms with Gasteiger partial charge in [0, 0.05) is 21.1 Å². The van der Waals surface area contributed by atoms with Gasteiger partial charge in [0.2, 0.25) is 0 Å². The third-order valence-corrected chi connectivity index (χ3v) is 1.40. The summed E-state index contributed by atoms with van der Waals surface area (Å²) < 4.78 is 22.5. The molecule has 2 aromatic carbocycles. The van der Waals surface area contributed by atoms with Crippen LogP contribution >= 0.6 is 0 Å². The fourth-order valence-corrected chi connectivity index (χ4v) is 0.799. The molecule has 4 heteroatoms. The molecule has 2 rings (SSSR count). The van der Waals surface area contributed by atoms with Crippen molar-refractivity contribution < 1.29 is 35.0 Å². The molecule has 0 bridgehead atoms. The topological polar surface area (TPSA) is 59.7 Å². The van der Waals surface area contributed by atoms with Gasteiger partial charge >= 0.3 is 33.9 Å². The smallest absolute Gasteiger partial charge is 0 e. The average Bonchev–Trinajstić information content (AvgIpc) is 3.06. The van der Waals surface area contributed by atoms with Crippen LogP contribution in [0.1, 0.15) is 5.56 Å². The van der Waals surface area contributed by atoms with Crippen LogP contribution < -0.4 is 0 Å². The van der Waals surface area contributed by atoms with Crippen LogP contribution in [0.5, 0.6) is 0 Å². The monoisotopic (exact) mass is 424 g/mol. The number of rotatable bonds is 0. The quantitative estimate of drug-likeness (QED) is 0.461. The molecule has 0 aliphatic carbocycles. The fourth-order valence-electron chi connectivity index (χ4n) is 0.799. The minimum atomic E-state index is 0. The molecule has 0 amide bonds. The van der Waals surface area contributed by atoms with Gasteiger partial charge in [0.25, 0.3) is 0 Å². The van der Waals surface area contributed by atoms with Crippen molar-refractivity contribution >= 4 is 0 Å². The Morgan fingerprint density at radius 1 is 0.737 bits per heavy atom. The maximum Gasteiger partial charge on any atom is 0 e. The Kier molecular flexibility index (Phi) is 41.0. The summed E-state index contributed by atoms with van der Waals surface area (Å²) >= 11 is 0. The SMILES string of the molecule is [C-]#[O+].[C-]#[O+].[C-]#[O+].[CH2-]c1ccccc1.[W].c1cc[cH-]c1. The molecule has 0 aliphatic heterocycles. The normalized spacial score (nSPS) is 5.58. The maximum atomic E-state index is 7.50. The Labute approximate surface area is 128 Å². The molecule has 0 aromatic heterocycles. The van der Waals surface area contributed by atoms with Gasteiger partial charge in [0.1, 0.15) is 0 Å². The first kappa shape index (κ1) is 26.0. The first-order valence-electron chi connectivity index (χ1n) is 4.54. The van der Waals surface area contributed by atoms with Gasteiger partial charge in [-0.1, -0.05) is 6.07 Å². The Hall–Kier alpha value is -1.65. The minimum absolute atomic E-state index is 0. The molecule has 0 unspecified atom stereocenters. The van der Waals surface area contributed by atoms with Crippen LogP contribution in [-0.4, -0.2) is 0 Å². The Bertz CT molecular complexity index is 357. The van der Waals surface area contributed by atoms with E-state index in [1.807, 2.05) is 60.7 Å². The van der Waals surface area contributed by atoms with E-state index in [1.54, 1.807) is 0 Å². The van der Waals surface area contributed by atoms with Crippen LogP contribution in [0.3, 0.4) is 0 Å². The summed E-state index contributed by atoms with van der Waals surface area (Å²) in [4.78, 5) is 0. The summed E-state index contributed by atoms with van der Waals surface area (Å²) in [5, 5.41) is 0. The van der Waals surface area contributed by atoms with Gasteiger partial charge in [-0.05, 0) is 0 Å². The van der Waals surface area contributed by atoms with Crippen molar-refractivity contribution in [2.75, 3.05) is 0 Å². The van der Waals surface area contributed by atoms with E-state index in [9.17, 15) is 0 Å². The molecule has 3 nitrogen and oxygen atoms in total. The van der Waals surface area contributed by atoms with Gasteiger partial charge in [-0.3, -0.25) is 0 Å². The fraction of sp³-hybridized carbons (Fsp3) is 0. The van der Waals surface area contributed by atoms with Crippen molar-refractivity contribution in [3.05, 3.63) is 93.1 Å². The van der Waals surface area contributed by atoms with Crippen molar-refractivity contribution in [3.63, 3.8) is 0 Å². The van der Waals surface area contributed by atoms with Crippen LogP contribution in [0, 0.1) is 26.9 Å². The van der Waals surface area contributed by atoms with E-state index in [1.165, 1.54) is 0 Å². The number of benzene rings is 1. The zero-order chi connectivity index (χ0) is 14.6. The molecule has 0 heterocycles. The molecule has 0 saturated heterocycles. The minimum Gasteiger partial charge on any atom is -0.214 e. The third kappa shape index (κ3) is 26.1. The summed E-state index contributed by atoms with van der Waals surface area (Å²) in [7, 11) is 0. The molecule has 0 spiro atoms. The van der Waals surface area contributed by atoms with Crippen molar-refractivity contribution in [3.8, 4) is 0 Å². The standard InChI is InChI=1S/C7H7.C5H5.3CO.W/c1-7-5-3-2-4-6-7;1-2-4-5-3-1;3*1-2;/h2-6H,1H2;1-5H;;;;/q2*-1;;;;. The second-order valence-electron chi connectivity index (χ2n) is 2.45. The molecule has 0 radical (unpaired) electrons. The summed E-state index contributed by atoms with van der Waals surface area (Å²) in [6, 6.07) is 19.9. The van der Waals surface area contributed by atoms with E-state index in [-0.39, 0.29) is 21.1 Å². The Morgan fingerprint density at radius 3 is 1.26 bits per heavy atom. The first-order chi connectivity index (χ1) is 8.89. The molecule has 0 N–H and O–H groups in total. The molecular weight excluding hydrogens is 412 g/mol. The summed E-state index contributed by atoms with van der Waals surface area (Å²) in [6.07, 6.45) is 0. The van der Waals surface area contributed by atoms with Crippen molar-refractivity contribution in [2.24, 2.45) is 0 Å². The molecular formula is C15H12O3W-2. The molecule has 2 aromatic rings. The number of hydrogen-bond acceptors (Lipinski definition) is 0. The zero-order valence-corrected chi connectivity index (χ0v) is 13.0. The van der Waals surface area contributed by atoms with Crippen LogP contribution in [0.4, 0.5) is 0 Å². The number of hydrogen-bond donors (Lipinski definition) is 0. The first-order valence-corrected chi connectivity index (χ1v) is 4.54. The maximum absolute atomic E-state index is 7.50. The van der Waals surface area contributed by atoms with Gasteiger partial charge in [0.15, 0.2) is 0 Å². The van der Waals surface area contributed by atoms with E-state index in [4.69, 9.17) is 14.0 Å². The summed E-state index contributed by atoms with van der Waals surface area (Å²) in [5.74, 6) is 0. The van der Waals surface area contributed by atoms with Crippen LogP contribution in [0.2, 0.25) is 0 Å². The van der Waals surface area contributed by atoms with Crippen LogP contribution in [-0.2, 0) is 35.0 Å². The molecule has 0 aliphatic rings. The zero-order valence-electron chi connectivity index (χ0n) is 10.1. The summed E-state index contributed by atoms with van der Waals surface area (Å²) in [5.41, 5.74) is 1.07. The predicted molar refractivity (Wildman–Crippen MR) is 64.7 cm³/mol. The molecule has 0 fully saturated rings. The van der Waals surface area contributed by atoms with Crippen molar-refractivity contribution in [1.82, 2.24) is 0 Å². The molecule has 98 valence electrons. The van der Waals surface area contributed by atoms with E-state index in [0.717, 1.165) is 5.56 Å². The third-order valence-electron chi connectivity index (χ3n) is 1.40. The van der Waals surface area contributed by atoms with Crippen molar-refractivity contribution in [1.29, 1.82) is 0 Å². The Morgan fingerprint density at radius 2 is 1.11 bits per heavy atom. The second-order valence-corrected chi connectivity index (χ2v) is 2.45. The van der Waals surface area contributed by atoms with Crippen LogP contribution in [0.15, 0.2) is 60.7 Å². The van der Waals surface area contributed by atoms with Crippen LogP contribution in [0.25, 0.3) is 0 Å². The van der Waals surface area contributed by atoms with Gasteiger partial charge < -0.3 is 0 Å². The Balaban J connectivity index is -0.0000000838. The second kappa shape index (κ2) is 29.9. The van der Waals surface area contributed by atoms with E-state index < -0.39 is 0 Å². The largest absolute Gasteiger partial charge is 0.214 e. The predicted octanol–water partition coefficient (Wildman–Crippen LogP) is 3.16. The van der Waals surface area contributed by atoms with E-state index >= 15 is 0 Å². The van der Waals surface area contributed by atoms with E-state index in [2.05, 4.69) is 26.9 Å². The van der Waals surface area contributed by atoms with Crippen molar-refractivity contribution in [2.45, 2.75) is 0 Å². The van der Waals surface area contributed by atoms with Gasteiger partial charge in [-0.2, -0.15) is 42.8 Å². The van der Waals surface area contributed by atoms with E-state index in [0.29, 0.717) is 0 Å². The molecule has 0 atom stereocenters. The van der Waals surface area contributed by atoms with Gasteiger partial charge in [-0.15, -0.1) is 12.1 Å².